The molecule has 2 aromatic heterocycles. The molecular formula is C18H21FN4O. The number of aliphatic hydroxyl groups is 1. The van der Waals surface area contributed by atoms with E-state index in [1.165, 1.54) is 11.8 Å². The maximum Gasteiger partial charge on any atom is 0.123 e. The zero-order chi connectivity index (χ0) is 16.7. The van der Waals surface area contributed by atoms with Crippen molar-refractivity contribution in [2.75, 3.05) is 6.54 Å². The van der Waals surface area contributed by atoms with E-state index in [0.717, 1.165) is 54.9 Å². The van der Waals surface area contributed by atoms with Crippen LogP contribution in [0.3, 0.4) is 0 Å². The second-order valence-electron chi connectivity index (χ2n) is 6.47. The van der Waals surface area contributed by atoms with Crippen LogP contribution in [0.25, 0.3) is 10.9 Å². The summed E-state index contributed by atoms with van der Waals surface area (Å²) < 4.78 is 17.6. The molecule has 6 heteroatoms. The molecule has 24 heavy (non-hydrogen) atoms. The number of halogens is 1. The van der Waals surface area contributed by atoms with E-state index in [0.29, 0.717) is 0 Å². The summed E-state index contributed by atoms with van der Waals surface area (Å²) >= 11 is 0. The summed E-state index contributed by atoms with van der Waals surface area (Å²) in [5.74, 6) is -0.199. The summed E-state index contributed by atoms with van der Waals surface area (Å²) in [6.45, 7) is 3.48. The Kier molecular flexibility index (Phi) is 3.86. The van der Waals surface area contributed by atoms with Gasteiger partial charge in [-0.2, -0.15) is 5.10 Å². The molecule has 126 valence electrons. The molecule has 0 radical (unpaired) electrons. The van der Waals surface area contributed by atoms with Crippen molar-refractivity contribution in [2.45, 2.75) is 32.7 Å². The van der Waals surface area contributed by atoms with Gasteiger partial charge >= 0.3 is 0 Å². The lowest BCUT2D eigenvalue weighted by molar-refractivity contribution is 0.255. The highest BCUT2D eigenvalue weighted by molar-refractivity contribution is 5.81. The number of nitrogens with zero attached hydrogens (tertiary/aromatic N) is 4. The predicted octanol–water partition coefficient (Wildman–Crippen LogP) is 2.41. The molecule has 3 aromatic rings. The summed E-state index contributed by atoms with van der Waals surface area (Å²) in [5.41, 5.74) is 4.09. The summed E-state index contributed by atoms with van der Waals surface area (Å²) in [6, 6.07) is 8.98. The van der Waals surface area contributed by atoms with Crippen LogP contribution in [0.4, 0.5) is 4.39 Å². The Bertz CT molecular complexity index is 883. The first-order valence-corrected chi connectivity index (χ1v) is 8.27. The van der Waals surface area contributed by atoms with E-state index >= 15 is 0 Å². The van der Waals surface area contributed by atoms with Gasteiger partial charge in [-0.05, 0) is 36.8 Å². The van der Waals surface area contributed by atoms with Gasteiger partial charge in [-0.25, -0.2) is 4.39 Å². The molecule has 0 amide bonds. The minimum Gasteiger partial charge on any atom is -0.390 e. The van der Waals surface area contributed by atoms with Crippen molar-refractivity contribution < 1.29 is 9.50 Å². The number of hydrogen-bond donors (Lipinski definition) is 1. The van der Waals surface area contributed by atoms with Crippen molar-refractivity contribution in [3.05, 3.63) is 53.2 Å². The van der Waals surface area contributed by atoms with Crippen LogP contribution >= 0.6 is 0 Å². The standard InChI is InChI=1S/C18H21FN4O/c1-21-16(8-13-7-14(19)3-4-18(13)21)10-22-5-2-6-23-17(11-22)9-15(12-24)20-23/h3-4,7-9,24H,2,5-6,10-12H2,1H3. The molecule has 0 saturated heterocycles. The van der Waals surface area contributed by atoms with Crippen molar-refractivity contribution >= 4 is 10.9 Å². The molecule has 3 heterocycles. The fourth-order valence-corrected chi connectivity index (χ4v) is 3.56. The third-order valence-electron chi connectivity index (χ3n) is 4.80. The Hall–Kier alpha value is -2.18. The maximum absolute atomic E-state index is 13.4. The van der Waals surface area contributed by atoms with Gasteiger partial charge in [-0.1, -0.05) is 0 Å². The number of aryl methyl sites for hydroxylation is 2. The Morgan fingerprint density at radius 1 is 1.21 bits per heavy atom. The number of fused-ring (bicyclic) bond motifs is 2. The van der Waals surface area contributed by atoms with Crippen LogP contribution in [0.15, 0.2) is 30.3 Å². The number of aliphatic hydroxyl groups excluding tert-OH is 1. The summed E-state index contributed by atoms with van der Waals surface area (Å²) in [5, 5.41) is 14.6. The molecule has 1 aliphatic rings. The lowest BCUT2D eigenvalue weighted by Crippen LogP contribution is -2.23. The average Bonchev–Trinajstić information content (AvgIpc) is 3.02. The van der Waals surface area contributed by atoms with Crippen LogP contribution < -0.4 is 0 Å². The first-order valence-electron chi connectivity index (χ1n) is 8.27. The van der Waals surface area contributed by atoms with Gasteiger partial charge in [0, 0.05) is 49.8 Å². The zero-order valence-corrected chi connectivity index (χ0v) is 13.7. The molecule has 1 N–H and O–H groups in total. The fraction of sp³-hybridized carbons (Fsp3) is 0.389. The SMILES string of the molecule is Cn1c(CN2CCCn3nc(CO)cc3C2)cc2cc(F)ccc21. The van der Waals surface area contributed by atoms with Crippen LogP contribution in [0.2, 0.25) is 0 Å². The first kappa shape index (κ1) is 15.4. The molecule has 0 fully saturated rings. The van der Waals surface area contributed by atoms with Gasteiger partial charge in [0.05, 0.1) is 18.0 Å². The van der Waals surface area contributed by atoms with Crippen LogP contribution in [-0.2, 0) is 33.3 Å². The molecule has 0 atom stereocenters. The van der Waals surface area contributed by atoms with E-state index < -0.39 is 0 Å². The quantitative estimate of drug-likeness (QED) is 0.803. The summed E-state index contributed by atoms with van der Waals surface area (Å²) in [6.07, 6.45) is 1.03. The molecule has 0 unspecified atom stereocenters. The maximum atomic E-state index is 13.4. The Labute approximate surface area is 139 Å². The van der Waals surface area contributed by atoms with E-state index in [4.69, 9.17) is 0 Å². The first-order chi connectivity index (χ1) is 11.6. The van der Waals surface area contributed by atoms with Crippen molar-refractivity contribution in [3.63, 3.8) is 0 Å². The molecule has 4 rings (SSSR count). The third-order valence-corrected chi connectivity index (χ3v) is 4.80. The third kappa shape index (κ3) is 2.72. The van der Waals surface area contributed by atoms with E-state index in [9.17, 15) is 9.50 Å². The molecule has 0 aliphatic carbocycles. The number of aromatic nitrogens is 3. The molecule has 1 aromatic carbocycles. The molecule has 1 aliphatic heterocycles. The van der Waals surface area contributed by atoms with Gasteiger partial charge < -0.3 is 9.67 Å². The topological polar surface area (TPSA) is 46.2 Å². The minimum atomic E-state index is -0.199. The second kappa shape index (κ2) is 6.03. The van der Waals surface area contributed by atoms with E-state index in [-0.39, 0.29) is 12.4 Å². The van der Waals surface area contributed by atoms with Crippen LogP contribution in [-0.4, -0.2) is 30.9 Å². The average molecular weight is 328 g/mol. The van der Waals surface area contributed by atoms with Crippen LogP contribution in [0.1, 0.15) is 23.5 Å². The van der Waals surface area contributed by atoms with Crippen molar-refractivity contribution in [1.82, 2.24) is 19.2 Å². The monoisotopic (exact) mass is 328 g/mol. The lowest BCUT2D eigenvalue weighted by atomic mass is 10.2. The van der Waals surface area contributed by atoms with Crippen LogP contribution in [0.5, 0.6) is 0 Å². The highest BCUT2D eigenvalue weighted by Crippen LogP contribution is 2.22. The van der Waals surface area contributed by atoms with Gasteiger partial charge in [0.1, 0.15) is 5.82 Å². The van der Waals surface area contributed by atoms with Crippen LogP contribution in [0, 0.1) is 5.82 Å². The van der Waals surface area contributed by atoms with Gasteiger partial charge in [0.25, 0.3) is 0 Å². The summed E-state index contributed by atoms with van der Waals surface area (Å²) in [4.78, 5) is 2.38. The zero-order valence-electron chi connectivity index (χ0n) is 13.7. The lowest BCUT2D eigenvalue weighted by Gasteiger charge is -2.19. The largest absolute Gasteiger partial charge is 0.390 e. The minimum absolute atomic E-state index is 0.0191. The van der Waals surface area contributed by atoms with Crippen molar-refractivity contribution in [2.24, 2.45) is 7.05 Å². The number of hydrogen-bond acceptors (Lipinski definition) is 3. The van der Waals surface area contributed by atoms with Gasteiger partial charge in [-0.15, -0.1) is 0 Å². The Morgan fingerprint density at radius 3 is 2.92 bits per heavy atom. The molecule has 5 nitrogen and oxygen atoms in total. The Morgan fingerprint density at radius 2 is 2.08 bits per heavy atom. The second-order valence-corrected chi connectivity index (χ2v) is 6.47. The normalized spacial score (nSPS) is 15.6. The van der Waals surface area contributed by atoms with Crippen molar-refractivity contribution in [1.29, 1.82) is 0 Å². The van der Waals surface area contributed by atoms with E-state index in [2.05, 4.69) is 20.6 Å². The van der Waals surface area contributed by atoms with Gasteiger partial charge in [0.15, 0.2) is 0 Å². The molecule has 0 saturated carbocycles. The van der Waals surface area contributed by atoms with Gasteiger partial charge in [-0.3, -0.25) is 9.58 Å². The fourth-order valence-electron chi connectivity index (χ4n) is 3.56. The van der Waals surface area contributed by atoms with Gasteiger partial charge in [0.2, 0.25) is 0 Å². The number of benzene rings is 1. The number of rotatable bonds is 3. The Balaban J connectivity index is 1.59. The smallest absolute Gasteiger partial charge is 0.123 e. The molecule has 0 bridgehead atoms. The van der Waals surface area contributed by atoms with E-state index in [1.54, 1.807) is 6.07 Å². The molecule has 0 spiro atoms. The van der Waals surface area contributed by atoms with E-state index in [1.807, 2.05) is 23.9 Å². The van der Waals surface area contributed by atoms with Crippen molar-refractivity contribution in [3.8, 4) is 0 Å². The molecular weight excluding hydrogens is 307 g/mol. The predicted molar refractivity (Wildman–Crippen MR) is 89.8 cm³/mol. The highest BCUT2D eigenvalue weighted by atomic mass is 19.1. The summed E-state index contributed by atoms with van der Waals surface area (Å²) in [7, 11) is 2.03. The highest BCUT2D eigenvalue weighted by Gasteiger charge is 2.18.